The second-order valence-electron chi connectivity index (χ2n) is 6.67. The lowest BCUT2D eigenvalue weighted by molar-refractivity contribution is 0.0217. The minimum absolute atomic E-state index is 0.0190. The number of nitrogens with zero attached hydrogens (tertiary/aromatic N) is 2. The maximum atomic E-state index is 12.6. The minimum atomic E-state index is -0.0190. The van der Waals surface area contributed by atoms with Crippen molar-refractivity contribution in [2.24, 2.45) is 5.92 Å². The Morgan fingerprint density at radius 2 is 2.04 bits per heavy atom. The summed E-state index contributed by atoms with van der Waals surface area (Å²) in [4.78, 5) is 19.1. The number of fused-ring (bicyclic) bond motifs is 3. The van der Waals surface area contributed by atoms with Gasteiger partial charge in [-0.2, -0.15) is 0 Å². The molecule has 2 bridgehead atoms. The van der Waals surface area contributed by atoms with E-state index in [1.165, 1.54) is 24.2 Å². The molecule has 1 amide bonds. The summed E-state index contributed by atoms with van der Waals surface area (Å²) in [6, 6.07) is 7.78. The quantitative estimate of drug-likeness (QED) is 0.880. The molecule has 3 aliphatic heterocycles. The van der Waals surface area contributed by atoms with Gasteiger partial charge < -0.3 is 10.1 Å². The van der Waals surface area contributed by atoms with Gasteiger partial charge >= 0.3 is 0 Å². The molecule has 1 N–H and O–H groups in total. The highest BCUT2D eigenvalue weighted by Gasteiger charge is 2.40. The number of hydrogen-bond donors (Lipinski definition) is 1. The maximum absolute atomic E-state index is 12.6. The van der Waals surface area contributed by atoms with Crippen LogP contribution in [0, 0.1) is 5.92 Å². The molecule has 1 aromatic heterocycles. The summed E-state index contributed by atoms with van der Waals surface area (Å²) >= 11 is 7.12. The van der Waals surface area contributed by atoms with Crippen LogP contribution in [0.25, 0.3) is 0 Å². The fraction of sp³-hybridized carbons (Fsp3) is 0.444. The van der Waals surface area contributed by atoms with Crippen molar-refractivity contribution in [1.29, 1.82) is 0 Å². The van der Waals surface area contributed by atoms with Gasteiger partial charge in [-0.3, -0.25) is 9.69 Å². The zero-order valence-corrected chi connectivity index (χ0v) is 15.5. The number of carbonyl (C=O) groups is 1. The van der Waals surface area contributed by atoms with Crippen LogP contribution in [0.2, 0.25) is 4.34 Å². The first-order chi connectivity index (χ1) is 12.1. The van der Waals surface area contributed by atoms with Crippen LogP contribution in [0.15, 0.2) is 30.5 Å². The van der Waals surface area contributed by atoms with Crippen LogP contribution in [-0.2, 0) is 0 Å². The molecule has 1 aromatic carbocycles. The van der Waals surface area contributed by atoms with Crippen molar-refractivity contribution in [3.63, 3.8) is 0 Å². The number of amides is 1. The predicted molar refractivity (Wildman–Crippen MR) is 98.7 cm³/mol. The van der Waals surface area contributed by atoms with Gasteiger partial charge in [0.1, 0.15) is 10.1 Å². The highest BCUT2D eigenvalue weighted by atomic mass is 35.5. The maximum Gasteiger partial charge on any atom is 0.280 e. The molecule has 4 heterocycles. The van der Waals surface area contributed by atoms with Gasteiger partial charge in [-0.25, -0.2) is 4.98 Å². The van der Waals surface area contributed by atoms with Crippen LogP contribution in [0.3, 0.4) is 0 Å². The van der Waals surface area contributed by atoms with Crippen LogP contribution in [0.5, 0.6) is 10.9 Å². The molecule has 7 heteroatoms. The van der Waals surface area contributed by atoms with E-state index in [9.17, 15) is 4.79 Å². The van der Waals surface area contributed by atoms with Gasteiger partial charge in [-0.15, -0.1) is 0 Å². The van der Waals surface area contributed by atoms with E-state index in [0.29, 0.717) is 32.8 Å². The summed E-state index contributed by atoms with van der Waals surface area (Å²) in [7, 11) is 0. The van der Waals surface area contributed by atoms with E-state index in [-0.39, 0.29) is 11.9 Å². The fourth-order valence-electron chi connectivity index (χ4n) is 3.84. The molecule has 2 aromatic rings. The van der Waals surface area contributed by atoms with Crippen LogP contribution in [0.1, 0.15) is 30.1 Å². The smallest absolute Gasteiger partial charge is 0.280 e. The summed E-state index contributed by atoms with van der Waals surface area (Å²) in [5.74, 6) is 1.22. The number of nitrogens with one attached hydrogen (secondary N) is 1. The predicted octanol–water partition coefficient (Wildman–Crippen LogP) is 3.80. The number of ether oxygens (including phenoxy) is 1. The molecule has 0 saturated carbocycles. The average molecular weight is 378 g/mol. The van der Waals surface area contributed by atoms with Gasteiger partial charge in [0.2, 0.25) is 0 Å². The largest absolute Gasteiger partial charge is 0.431 e. The average Bonchev–Trinajstić information content (AvgIpc) is 3.04. The summed E-state index contributed by atoms with van der Waals surface area (Å²) in [6.45, 7) is 4.53. The second-order valence-corrected chi connectivity index (χ2v) is 8.29. The first-order valence-electron chi connectivity index (χ1n) is 8.54. The Morgan fingerprint density at radius 1 is 1.32 bits per heavy atom. The Balaban J connectivity index is 1.40. The van der Waals surface area contributed by atoms with Gasteiger partial charge in [0, 0.05) is 17.6 Å². The van der Waals surface area contributed by atoms with Crippen LogP contribution in [-0.4, -0.2) is 41.0 Å². The molecule has 25 heavy (non-hydrogen) atoms. The molecule has 3 aliphatic rings. The Morgan fingerprint density at radius 3 is 2.64 bits per heavy atom. The first kappa shape index (κ1) is 16.8. The molecule has 132 valence electrons. The number of piperidine rings is 3. The summed E-state index contributed by atoms with van der Waals surface area (Å²) in [5, 5.41) is 3.73. The molecular weight excluding hydrogens is 358 g/mol. The molecule has 0 aliphatic carbocycles. The van der Waals surface area contributed by atoms with Crippen molar-refractivity contribution in [3.8, 4) is 10.9 Å². The number of halogens is 1. The lowest BCUT2D eigenvalue weighted by Gasteiger charge is -2.49. The van der Waals surface area contributed by atoms with E-state index in [2.05, 4.69) is 22.1 Å². The summed E-state index contributed by atoms with van der Waals surface area (Å²) < 4.78 is 6.21. The third-order valence-electron chi connectivity index (χ3n) is 5.25. The number of rotatable bonds is 4. The molecule has 5 nitrogen and oxygen atoms in total. The van der Waals surface area contributed by atoms with Crippen LogP contribution >= 0.6 is 22.9 Å². The summed E-state index contributed by atoms with van der Waals surface area (Å²) in [6.07, 6.45) is 3.91. The molecule has 0 spiro atoms. The number of benzene rings is 1. The van der Waals surface area contributed by atoms with Crippen LogP contribution < -0.4 is 10.1 Å². The minimum Gasteiger partial charge on any atom is -0.431 e. The molecular formula is C18H20ClN3O2S. The van der Waals surface area contributed by atoms with Crippen molar-refractivity contribution < 1.29 is 9.53 Å². The van der Waals surface area contributed by atoms with Gasteiger partial charge in [0.25, 0.3) is 11.1 Å². The number of aromatic nitrogens is 1. The zero-order valence-electron chi connectivity index (χ0n) is 13.9. The van der Waals surface area contributed by atoms with Gasteiger partial charge in [0.15, 0.2) is 0 Å². The third-order valence-corrected chi connectivity index (χ3v) is 6.25. The highest BCUT2D eigenvalue weighted by molar-refractivity contribution is 7.17. The normalized spacial score (nSPS) is 27.9. The zero-order chi connectivity index (χ0) is 17.4. The van der Waals surface area contributed by atoms with E-state index < -0.39 is 0 Å². The van der Waals surface area contributed by atoms with E-state index in [4.69, 9.17) is 16.3 Å². The number of carbonyl (C=O) groups excluding carboxylic acids is 1. The molecule has 0 unspecified atom stereocenters. The van der Waals surface area contributed by atoms with Crippen molar-refractivity contribution >= 4 is 28.8 Å². The number of thiazole rings is 1. The SMILES string of the molecule is C[C@@H]1[C@H](NC(=O)c2ccc(Oc3ncc(Cl)s3)cc2)C2CCN1CC2. The highest BCUT2D eigenvalue weighted by Crippen LogP contribution is 2.32. The lowest BCUT2D eigenvalue weighted by atomic mass is 9.79. The first-order valence-corrected chi connectivity index (χ1v) is 9.74. The Labute approximate surface area is 156 Å². The summed E-state index contributed by atoms with van der Waals surface area (Å²) in [5.41, 5.74) is 0.646. The lowest BCUT2D eigenvalue weighted by Crippen LogP contribution is -2.62. The molecule has 3 saturated heterocycles. The molecule has 0 radical (unpaired) electrons. The topological polar surface area (TPSA) is 54.5 Å². The van der Waals surface area contributed by atoms with Crippen molar-refractivity contribution in [2.45, 2.75) is 31.8 Å². The Hall–Kier alpha value is -1.63. The standard InChI is InChI=1S/C18H20ClN3O2S/c1-11-16(12-6-8-22(11)9-7-12)21-17(23)13-2-4-14(5-3-13)24-18-20-10-15(19)25-18/h2-5,10-12,16H,6-9H2,1H3,(H,21,23)/t11-,16+/m1/s1. The fourth-order valence-corrected chi connectivity index (χ4v) is 4.60. The van der Waals surface area contributed by atoms with Crippen molar-refractivity contribution in [1.82, 2.24) is 15.2 Å². The van der Waals surface area contributed by atoms with E-state index in [1.807, 2.05) is 0 Å². The van der Waals surface area contributed by atoms with Crippen molar-refractivity contribution in [3.05, 3.63) is 40.4 Å². The number of hydrogen-bond acceptors (Lipinski definition) is 5. The van der Waals surface area contributed by atoms with Gasteiger partial charge in [-0.1, -0.05) is 22.9 Å². The molecule has 2 atom stereocenters. The van der Waals surface area contributed by atoms with Crippen LogP contribution in [0.4, 0.5) is 0 Å². The Kier molecular flexibility index (Phi) is 4.67. The van der Waals surface area contributed by atoms with Gasteiger partial charge in [-0.05, 0) is 63.0 Å². The molecule has 3 fully saturated rings. The monoisotopic (exact) mass is 377 g/mol. The van der Waals surface area contributed by atoms with Gasteiger partial charge in [0.05, 0.1) is 6.20 Å². The Bertz CT molecular complexity index is 754. The van der Waals surface area contributed by atoms with Crippen molar-refractivity contribution in [2.75, 3.05) is 13.1 Å². The molecule has 5 rings (SSSR count). The van der Waals surface area contributed by atoms with E-state index in [0.717, 1.165) is 13.1 Å². The second kappa shape index (κ2) is 6.94. The third kappa shape index (κ3) is 3.52. The van der Waals surface area contributed by atoms with E-state index >= 15 is 0 Å². The van der Waals surface area contributed by atoms with E-state index in [1.54, 1.807) is 30.5 Å².